The molecule has 0 saturated carbocycles. The molecular weight excluding hydrogens is 198 g/mol. The summed E-state index contributed by atoms with van der Waals surface area (Å²) in [6, 6.07) is 3.89. The van der Waals surface area contributed by atoms with Crippen molar-refractivity contribution in [2.75, 3.05) is 17.6 Å². The fourth-order valence-electron chi connectivity index (χ4n) is 0.700. The largest absolute Gasteiger partial charge is 0.377 e. The smallest absolute Gasteiger partial charge is 0.0950 e. The molecule has 0 atom stereocenters. The maximum atomic E-state index is 5.74. The number of halogens is 1. The molecule has 0 amide bonds. The Kier molecular flexibility index (Phi) is 4.12. The summed E-state index contributed by atoms with van der Waals surface area (Å²) in [6.45, 7) is 0.973. The molecule has 0 saturated heterocycles. The second-order valence-electron chi connectivity index (χ2n) is 2.11. The van der Waals surface area contributed by atoms with Gasteiger partial charge < -0.3 is 5.32 Å². The van der Waals surface area contributed by atoms with Crippen molar-refractivity contribution in [2.45, 2.75) is 6.42 Å². The molecule has 1 aromatic rings. The second kappa shape index (κ2) is 4.91. The van der Waals surface area contributed by atoms with Crippen molar-refractivity contribution in [3.05, 3.63) is 16.5 Å². The van der Waals surface area contributed by atoms with Gasteiger partial charge in [-0.05, 0) is 24.3 Å². The SMILES string of the molecule is SCCCNc1ccc(Cl)s1. The first-order chi connectivity index (χ1) is 5.33. The predicted octanol–water partition coefficient (Wildman–Crippen LogP) is 3.13. The Morgan fingerprint density at radius 2 is 2.36 bits per heavy atom. The fourth-order valence-corrected chi connectivity index (χ4v) is 1.83. The highest BCUT2D eigenvalue weighted by molar-refractivity contribution is 7.80. The van der Waals surface area contributed by atoms with Crippen molar-refractivity contribution in [2.24, 2.45) is 0 Å². The Morgan fingerprint density at radius 3 is 2.91 bits per heavy atom. The molecule has 0 unspecified atom stereocenters. The molecule has 0 aromatic carbocycles. The van der Waals surface area contributed by atoms with E-state index >= 15 is 0 Å². The lowest BCUT2D eigenvalue weighted by Gasteiger charge is -1.99. The first kappa shape index (κ1) is 9.23. The molecule has 1 rings (SSSR count). The third-order valence-corrected chi connectivity index (χ3v) is 2.71. The van der Waals surface area contributed by atoms with Gasteiger partial charge in [0.25, 0.3) is 0 Å². The van der Waals surface area contributed by atoms with E-state index in [2.05, 4.69) is 17.9 Å². The van der Waals surface area contributed by atoms with Crippen LogP contribution in [-0.2, 0) is 0 Å². The molecule has 0 spiro atoms. The Hall–Kier alpha value is 0.140. The molecule has 0 fully saturated rings. The van der Waals surface area contributed by atoms with Gasteiger partial charge in [0, 0.05) is 6.54 Å². The lowest BCUT2D eigenvalue weighted by atomic mass is 10.5. The number of hydrogen-bond acceptors (Lipinski definition) is 3. The molecule has 4 heteroatoms. The molecule has 62 valence electrons. The van der Waals surface area contributed by atoms with Crippen LogP contribution < -0.4 is 5.32 Å². The Bertz CT molecular complexity index is 212. The fraction of sp³-hybridized carbons (Fsp3) is 0.429. The van der Waals surface area contributed by atoms with E-state index in [0.29, 0.717) is 0 Å². The molecule has 0 aliphatic heterocycles. The van der Waals surface area contributed by atoms with E-state index < -0.39 is 0 Å². The molecular formula is C7H10ClNS2. The maximum Gasteiger partial charge on any atom is 0.0950 e. The van der Waals surface area contributed by atoms with E-state index in [1.54, 1.807) is 11.3 Å². The number of rotatable bonds is 4. The summed E-state index contributed by atoms with van der Waals surface area (Å²) in [5, 5.41) is 4.39. The third kappa shape index (κ3) is 3.36. The summed E-state index contributed by atoms with van der Waals surface area (Å²) >= 11 is 11.4. The summed E-state index contributed by atoms with van der Waals surface area (Å²) in [7, 11) is 0. The van der Waals surface area contributed by atoms with Crippen LogP contribution in [0.3, 0.4) is 0 Å². The van der Waals surface area contributed by atoms with E-state index in [4.69, 9.17) is 11.6 Å². The number of hydrogen-bond donors (Lipinski definition) is 2. The number of thiol groups is 1. The van der Waals surface area contributed by atoms with Gasteiger partial charge in [-0.15, -0.1) is 11.3 Å². The standard InChI is InChI=1S/C7H10ClNS2/c8-6-2-3-7(11-6)9-4-1-5-10/h2-3,9-10H,1,4-5H2. The molecule has 0 radical (unpaired) electrons. The summed E-state index contributed by atoms with van der Waals surface area (Å²) in [5.74, 6) is 0.923. The van der Waals surface area contributed by atoms with Gasteiger partial charge >= 0.3 is 0 Å². The number of anilines is 1. The summed E-state index contributed by atoms with van der Waals surface area (Å²) in [6.07, 6.45) is 1.08. The van der Waals surface area contributed by atoms with Crippen LogP contribution in [0.25, 0.3) is 0 Å². The van der Waals surface area contributed by atoms with Crippen LogP contribution in [0.15, 0.2) is 12.1 Å². The molecule has 1 heterocycles. The molecule has 0 aliphatic carbocycles. The molecule has 11 heavy (non-hydrogen) atoms. The monoisotopic (exact) mass is 207 g/mol. The van der Waals surface area contributed by atoms with Crippen LogP contribution in [0.5, 0.6) is 0 Å². The van der Waals surface area contributed by atoms with Crippen LogP contribution in [-0.4, -0.2) is 12.3 Å². The highest BCUT2D eigenvalue weighted by atomic mass is 35.5. The Morgan fingerprint density at radius 1 is 1.55 bits per heavy atom. The average molecular weight is 208 g/mol. The van der Waals surface area contributed by atoms with E-state index in [1.807, 2.05) is 12.1 Å². The zero-order valence-corrected chi connectivity index (χ0v) is 8.48. The van der Waals surface area contributed by atoms with Crippen LogP contribution in [0.4, 0.5) is 5.00 Å². The topological polar surface area (TPSA) is 12.0 Å². The molecule has 0 bridgehead atoms. The minimum Gasteiger partial charge on any atom is -0.377 e. The van der Waals surface area contributed by atoms with Crippen molar-refractivity contribution in [3.8, 4) is 0 Å². The zero-order chi connectivity index (χ0) is 8.10. The molecule has 1 nitrogen and oxygen atoms in total. The van der Waals surface area contributed by atoms with Crippen molar-refractivity contribution < 1.29 is 0 Å². The normalized spacial score (nSPS) is 10.0. The highest BCUT2D eigenvalue weighted by Crippen LogP contribution is 2.25. The van der Waals surface area contributed by atoms with E-state index in [-0.39, 0.29) is 0 Å². The summed E-state index contributed by atoms with van der Waals surface area (Å²) in [5.41, 5.74) is 0. The lowest BCUT2D eigenvalue weighted by molar-refractivity contribution is 1.000. The minimum absolute atomic E-state index is 0.832. The third-order valence-electron chi connectivity index (χ3n) is 1.21. The maximum absolute atomic E-state index is 5.74. The molecule has 0 aliphatic rings. The quantitative estimate of drug-likeness (QED) is 0.571. The second-order valence-corrected chi connectivity index (χ2v) is 4.27. The van der Waals surface area contributed by atoms with Gasteiger partial charge in [-0.3, -0.25) is 0 Å². The van der Waals surface area contributed by atoms with Gasteiger partial charge in [0.15, 0.2) is 0 Å². The lowest BCUT2D eigenvalue weighted by Crippen LogP contribution is -1.99. The summed E-state index contributed by atoms with van der Waals surface area (Å²) < 4.78 is 0.832. The average Bonchev–Trinajstić information content (AvgIpc) is 2.37. The van der Waals surface area contributed by atoms with Crippen LogP contribution in [0.2, 0.25) is 4.34 Å². The Labute approximate surface area is 81.2 Å². The first-order valence-corrected chi connectivity index (χ1v) is 5.25. The predicted molar refractivity (Wildman–Crippen MR) is 56.3 cm³/mol. The minimum atomic E-state index is 0.832. The van der Waals surface area contributed by atoms with Gasteiger partial charge in [0.1, 0.15) is 0 Å². The van der Waals surface area contributed by atoms with Gasteiger partial charge in [-0.25, -0.2) is 0 Å². The van der Waals surface area contributed by atoms with E-state index in [0.717, 1.165) is 28.1 Å². The Balaban J connectivity index is 2.27. The van der Waals surface area contributed by atoms with Crippen molar-refractivity contribution in [3.63, 3.8) is 0 Å². The van der Waals surface area contributed by atoms with E-state index in [1.165, 1.54) is 0 Å². The van der Waals surface area contributed by atoms with Crippen LogP contribution >= 0.6 is 35.6 Å². The van der Waals surface area contributed by atoms with Gasteiger partial charge in [0.2, 0.25) is 0 Å². The first-order valence-electron chi connectivity index (χ1n) is 3.43. The van der Waals surface area contributed by atoms with E-state index in [9.17, 15) is 0 Å². The molecule has 1 N–H and O–H groups in total. The zero-order valence-electron chi connectivity index (χ0n) is 6.01. The van der Waals surface area contributed by atoms with Crippen LogP contribution in [0.1, 0.15) is 6.42 Å². The van der Waals surface area contributed by atoms with Gasteiger partial charge in [0.05, 0.1) is 9.34 Å². The molecule has 1 aromatic heterocycles. The number of nitrogens with one attached hydrogen (secondary N) is 1. The van der Waals surface area contributed by atoms with Crippen molar-refractivity contribution in [1.29, 1.82) is 0 Å². The van der Waals surface area contributed by atoms with Crippen molar-refractivity contribution in [1.82, 2.24) is 0 Å². The van der Waals surface area contributed by atoms with Crippen LogP contribution in [0, 0.1) is 0 Å². The highest BCUT2D eigenvalue weighted by Gasteiger charge is 1.94. The van der Waals surface area contributed by atoms with Gasteiger partial charge in [-0.2, -0.15) is 12.6 Å². The van der Waals surface area contributed by atoms with Crippen molar-refractivity contribution >= 4 is 40.6 Å². The van der Waals surface area contributed by atoms with Gasteiger partial charge in [-0.1, -0.05) is 11.6 Å². The number of thiophene rings is 1. The summed E-state index contributed by atoms with van der Waals surface area (Å²) in [4.78, 5) is 0.